The van der Waals surface area contributed by atoms with Gasteiger partial charge in [0.15, 0.2) is 0 Å². The van der Waals surface area contributed by atoms with Crippen LogP contribution in [0.4, 0.5) is 5.69 Å². The van der Waals surface area contributed by atoms with Crippen molar-refractivity contribution in [3.05, 3.63) is 36.0 Å². The first kappa shape index (κ1) is 11.5. The topological polar surface area (TPSA) is 36.4 Å². The van der Waals surface area contributed by atoms with Gasteiger partial charge in [-0.3, -0.25) is 4.98 Å². The molecule has 1 saturated heterocycles. The van der Waals surface area contributed by atoms with Crippen LogP contribution in [0.2, 0.25) is 0 Å². The predicted molar refractivity (Wildman–Crippen MR) is 73.7 cm³/mol. The summed E-state index contributed by atoms with van der Waals surface area (Å²) in [6, 6.07) is 10.2. The molecule has 1 aliphatic heterocycles. The second kappa shape index (κ2) is 4.94. The lowest BCUT2D eigenvalue weighted by molar-refractivity contribution is 0.277. The van der Waals surface area contributed by atoms with Crippen LogP contribution in [0.1, 0.15) is 25.0 Å². The van der Waals surface area contributed by atoms with Crippen molar-refractivity contribution in [3.8, 4) is 0 Å². The standard InChI is InChI=1S/C15H18N2O/c18-11-12-10-15(17-8-4-1-5-9-17)13-6-2-3-7-14(13)16-12/h2-3,6-7,10,18H,1,4-5,8-9,11H2. The Morgan fingerprint density at radius 2 is 1.89 bits per heavy atom. The van der Waals surface area contributed by atoms with Crippen molar-refractivity contribution in [2.24, 2.45) is 0 Å². The Kier molecular flexibility index (Phi) is 3.15. The van der Waals surface area contributed by atoms with Crippen molar-refractivity contribution in [2.75, 3.05) is 18.0 Å². The number of fused-ring (bicyclic) bond motifs is 1. The van der Waals surface area contributed by atoms with E-state index in [2.05, 4.69) is 22.0 Å². The Morgan fingerprint density at radius 1 is 1.11 bits per heavy atom. The fourth-order valence-corrected chi connectivity index (χ4v) is 2.69. The average Bonchev–Trinajstić information content (AvgIpc) is 2.47. The van der Waals surface area contributed by atoms with Crippen LogP contribution in [0, 0.1) is 0 Å². The predicted octanol–water partition coefficient (Wildman–Crippen LogP) is 2.72. The van der Waals surface area contributed by atoms with Crippen molar-refractivity contribution < 1.29 is 5.11 Å². The highest BCUT2D eigenvalue weighted by molar-refractivity contribution is 5.92. The maximum absolute atomic E-state index is 9.34. The molecule has 3 nitrogen and oxygen atoms in total. The van der Waals surface area contributed by atoms with Crippen molar-refractivity contribution in [1.82, 2.24) is 4.98 Å². The van der Waals surface area contributed by atoms with E-state index in [0.29, 0.717) is 0 Å². The van der Waals surface area contributed by atoms with Gasteiger partial charge in [-0.1, -0.05) is 18.2 Å². The molecule has 0 bridgehead atoms. The van der Waals surface area contributed by atoms with Crippen LogP contribution >= 0.6 is 0 Å². The maximum atomic E-state index is 9.34. The Morgan fingerprint density at radius 3 is 2.67 bits per heavy atom. The second-order valence-electron chi connectivity index (χ2n) is 4.86. The lowest BCUT2D eigenvalue weighted by Gasteiger charge is -2.30. The van der Waals surface area contributed by atoms with Crippen molar-refractivity contribution in [2.45, 2.75) is 25.9 Å². The molecule has 1 N–H and O–H groups in total. The first-order chi connectivity index (χ1) is 8.88. The van der Waals surface area contributed by atoms with E-state index in [1.165, 1.54) is 30.3 Å². The minimum Gasteiger partial charge on any atom is -0.390 e. The molecule has 3 heteroatoms. The molecule has 0 aliphatic carbocycles. The van der Waals surface area contributed by atoms with Gasteiger partial charge < -0.3 is 10.0 Å². The van der Waals surface area contributed by atoms with Gasteiger partial charge in [0.2, 0.25) is 0 Å². The van der Waals surface area contributed by atoms with Crippen LogP contribution < -0.4 is 4.90 Å². The molecule has 2 aromatic rings. The summed E-state index contributed by atoms with van der Waals surface area (Å²) in [7, 11) is 0. The molecule has 0 atom stereocenters. The number of para-hydroxylation sites is 1. The summed E-state index contributed by atoms with van der Waals surface area (Å²) in [4.78, 5) is 6.90. The molecule has 1 fully saturated rings. The van der Waals surface area contributed by atoms with E-state index in [4.69, 9.17) is 0 Å². The molecule has 1 aromatic heterocycles. The lowest BCUT2D eigenvalue weighted by atomic mass is 10.1. The van der Waals surface area contributed by atoms with Gasteiger partial charge in [0.25, 0.3) is 0 Å². The molecule has 0 unspecified atom stereocenters. The van der Waals surface area contributed by atoms with E-state index in [9.17, 15) is 5.11 Å². The molecule has 3 rings (SSSR count). The highest BCUT2D eigenvalue weighted by Gasteiger charge is 2.14. The summed E-state index contributed by atoms with van der Waals surface area (Å²) < 4.78 is 0. The molecule has 0 saturated carbocycles. The third kappa shape index (κ3) is 2.06. The summed E-state index contributed by atoms with van der Waals surface area (Å²) in [5.74, 6) is 0. The Balaban J connectivity index is 2.12. The van der Waals surface area contributed by atoms with Gasteiger partial charge in [0, 0.05) is 24.2 Å². The van der Waals surface area contributed by atoms with Crippen molar-refractivity contribution >= 4 is 16.6 Å². The smallest absolute Gasteiger partial charge is 0.0854 e. The first-order valence-electron chi connectivity index (χ1n) is 6.63. The summed E-state index contributed by atoms with van der Waals surface area (Å²) in [6.45, 7) is 2.23. The fourth-order valence-electron chi connectivity index (χ4n) is 2.69. The minimum atomic E-state index is 0.00563. The van der Waals surface area contributed by atoms with Crippen LogP contribution in [0.15, 0.2) is 30.3 Å². The van der Waals surface area contributed by atoms with E-state index in [1.54, 1.807) is 0 Å². The summed E-state index contributed by atoms with van der Waals surface area (Å²) in [5, 5.41) is 10.5. The van der Waals surface area contributed by atoms with Crippen LogP contribution in [-0.4, -0.2) is 23.2 Å². The number of pyridine rings is 1. The van der Waals surface area contributed by atoms with E-state index in [-0.39, 0.29) is 6.61 Å². The van der Waals surface area contributed by atoms with E-state index in [0.717, 1.165) is 24.3 Å². The number of hydrogen-bond donors (Lipinski definition) is 1. The van der Waals surface area contributed by atoms with Gasteiger partial charge in [0.05, 0.1) is 17.8 Å². The lowest BCUT2D eigenvalue weighted by Crippen LogP contribution is -2.29. The molecule has 94 valence electrons. The molecular formula is C15H18N2O. The van der Waals surface area contributed by atoms with Crippen molar-refractivity contribution in [3.63, 3.8) is 0 Å². The zero-order valence-corrected chi connectivity index (χ0v) is 10.5. The zero-order valence-electron chi connectivity index (χ0n) is 10.5. The Hall–Kier alpha value is -1.61. The summed E-state index contributed by atoms with van der Waals surface area (Å²) in [5.41, 5.74) is 2.96. The molecule has 0 spiro atoms. The number of nitrogens with zero attached hydrogens (tertiary/aromatic N) is 2. The highest BCUT2D eigenvalue weighted by atomic mass is 16.3. The van der Waals surface area contributed by atoms with Crippen LogP contribution in [0.5, 0.6) is 0 Å². The summed E-state index contributed by atoms with van der Waals surface area (Å²) in [6.07, 6.45) is 3.84. The Bertz CT molecular complexity index is 547. The van der Waals surface area contributed by atoms with Crippen LogP contribution in [0.25, 0.3) is 10.9 Å². The van der Waals surface area contributed by atoms with Gasteiger partial charge in [-0.15, -0.1) is 0 Å². The number of piperidine rings is 1. The minimum absolute atomic E-state index is 0.00563. The van der Waals surface area contributed by atoms with Crippen LogP contribution in [-0.2, 0) is 6.61 Å². The average molecular weight is 242 g/mol. The number of aromatic nitrogens is 1. The van der Waals surface area contributed by atoms with Gasteiger partial charge in [-0.2, -0.15) is 0 Å². The first-order valence-corrected chi connectivity index (χ1v) is 6.63. The zero-order chi connectivity index (χ0) is 12.4. The van der Waals surface area contributed by atoms with E-state index in [1.807, 2.05) is 18.2 Å². The van der Waals surface area contributed by atoms with Gasteiger partial charge in [0.1, 0.15) is 0 Å². The third-order valence-corrected chi connectivity index (χ3v) is 3.61. The molecule has 1 aliphatic rings. The fraction of sp³-hybridized carbons (Fsp3) is 0.400. The number of aliphatic hydroxyl groups excluding tert-OH is 1. The molecule has 2 heterocycles. The number of hydrogen-bond acceptors (Lipinski definition) is 3. The number of anilines is 1. The molecule has 0 radical (unpaired) electrons. The monoisotopic (exact) mass is 242 g/mol. The quantitative estimate of drug-likeness (QED) is 0.879. The van der Waals surface area contributed by atoms with Gasteiger partial charge in [-0.05, 0) is 31.4 Å². The number of rotatable bonds is 2. The molecule has 18 heavy (non-hydrogen) atoms. The maximum Gasteiger partial charge on any atom is 0.0854 e. The van der Waals surface area contributed by atoms with E-state index < -0.39 is 0 Å². The van der Waals surface area contributed by atoms with Gasteiger partial charge in [-0.25, -0.2) is 0 Å². The van der Waals surface area contributed by atoms with Crippen LogP contribution in [0.3, 0.4) is 0 Å². The Labute approximate surface area is 107 Å². The SMILES string of the molecule is OCc1cc(N2CCCCC2)c2ccccc2n1. The number of aliphatic hydroxyl groups is 1. The third-order valence-electron chi connectivity index (χ3n) is 3.61. The number of benzene rings is 1. The second-order valence-corrected chi connectivity index (χ2v) is 4.86. The summed E-state index contributed by atoms with van der Waals surface area (Å²) >= 11 is 0. The highest BCUT2D eigenvalue weighted by Crippen LogP contribution is 2.29. The molecule has 1 aromatic carbocycles. The van der Waals surface area contributed by atoms with Gasteiger partial charge >= 0.3 is 0 Å². The normalized spacial score (nSPS) is 16.2. The largest absolute Gasteiger partial charge is 0.390 e. The van der Waals surface area contributed by atoms with E-state index >= 15 is 0 Å². The molecule has 0 amide bonds. The van der Waals surface area contributed by atoms with Crippen molar-refractivity contribution in [1.29, 1.82) is 0 Å². The molecular weight excluding hydrogens is 224 g/mol.